The fraction of sp³-hybridized carbons (Fsp3) is 0.238. The molecule has 0 spiro atoms. The van der Waals surface area contributed by atoms with Crippen molar-refractivity contribution >= 4 is 11.5 Å². The van der Waals surface area contributed by atoms with Crippen LogP contribution in [0.1, 0.15) is 25.2 Å². The van der Waals surface area contributed by atoms with Crippen molar-refractivity contribution < 1.29 is 9.84 Å². The molecule has 1 aromatic heterocycles. The fourth-order valence-electron chi connectivity index (χ4n) is 3.26. The van der Waals surface area contributed by atoms with Gasteiger partial charge < -0.3 is 14.7 Å². The third-order valence-electron chi connectivity index (χ3n) is 4.63. The van der Waals surface area contributed by atoms with Crippen LogP contribution in [0.3, 0.4) is 0 Å². The highest BCUT2D eigenvalue weighted by atomic mass is 16.5. The van der Waals surface area contributed by atoms with Gasteiger partial charge in [0.15, 0.2) is 5.82 Å². The van der Waals surface area contributed by atoms with E-state index in [0.29, 0.717) is 5.82 Å². The summed E-state index contributed by atoms with van der Waals surface area (Å²) in [6.45, 7) is 5.01. The third-order valence-corrected chi connectivity index (χ3v) is 4.63. The second kappa shape index (κ2) is 6.42. The minimum atomic E-state index is -0.161. The normalized spacial score (nSPS) is 15.0. The maximum absolute atomic E-state index is 9.37. The summed E-state index contributed by atoms with van der Waals surface area (Å²) in [5, 5.41) is 9.37. The summed E-state index contributed by atoms with van der Waals surface area (Å²) < 4.78 is 5.87. The van der Waals surface area contributed by atoms with E-state index in [2.05, 4.69) is 28.7 Å². The molecule has 0 fully saturated rings. The maximum Gasteiger partial charge on any atom is 0.156 e. The number of hydrogen-bond donors (Lipinski definition) is 1. The molecule has 0 saturated carbocycles. The number of benzene rings is 2. The van der Waals surface area contributed by atoms with Gasteiger partial charge in [0.25, 0.3) is 0 Å². The van der Waals surface area contributed by atoms with Crippen LogP contribution in [-0.4, -0.2) is 21.6 Å². The van der Waals surface area contributed by atoms with Gasteiger partial charge in [0.2, 0.25) is 0 Å². The maximum atomic E-state index is 9.37. The van der Waals surface area contributed by atoms with Gasteiger partial charge in [0.1, 0.15) is 23.9 Å². The molecule has 1 N–H and O–H groups in total. The van der Waals surface area contributed by atoms with Crippen LogP contribution in [0.4, 0.5) is 11.5 Å². The molecule has 0 radical (unpaired) electrons. The number of aliphatic hydroxyl groups is 1. The molecular weight excluding hydrogens is 326 g/mol. The van der Waals surface area contributed by atoms with Crippen LogP contribution in [0.15, 0.2) is 60.8 Å². The topological polar surface area (TPSA) is 58.5 Å². The number of fused-ring (bicyclic) bond motifs is 1. The summed E-state index contributed by atoms with van der Waals surface area (Å²) in [5.74, 6) is 2.91. The first-order valence-corrected chi connectivity index (χ1v) is 8.64. The zero-order valence-corrected chi connectivity index (χ0v) is 14.9. The monoisotopic (exact) mass is 347 g/mol. The van der Waals surface area contributed by atoms with Gasteiger partial charge in [-0.2, -0.15) is 0 Å². The molecule has 3 aromatic rings. The van der Waals surface area contributed by atoms with E-state index < -0.39 is 0 Å². The van der Waals surface area contributed by atoms with Gasteiger partial charge >= 0.3 is 0 Å². The van der Waals surface area contributed by atoms with E-state index in [1.165, 1.54) is 0 Å². The van der Waals surface area contributed by atoms with Crippen molar-refractivity contribution in [2.75, 3.05) is 11.4 Å². The molecule has 4 rings (SSSR count). The molecular formula is C21H21N3O2. The Morgan fingerprint density at radius 1 is 1.04 bits per heavy atom. The minimum absolute atomic E-state index is 0.0530. The van der Waals surface area contributed by atoms with Crippen LogP contribution in [0.25, 0.3) is 0 Å². The summed E-state index contributed by atoms with van der Waals surface area (Å²) in [7, 11) is 0. The molecule has 1 aliphatic heterocycles. The lowest BCUT2D eigenvalue weighted by Gasteiger charge is -2.22. The van der Waals surface area contributed by atoms with Crippen LogP contribution in [0, 0.1) is 0 Å². The van der Waals surface area contributed by atoms with E-state index in [4.69, 9.17) is 4.74 Å². The van der Waals surface area contributed by atoms with Gasteiger partial charge in [0, 0.05) is 29.4 Å². The molecule has 1 aliphatic rings. The molecule has 5 heteroatoms. The quantitative estimate of drug-likeness (QED) is 0.767. The van der Waals surface area contributed by atoms with E-state index in [-0.39, 0.29) is 12.0 Å². The zero-order valence-electron chi connectivity index (χ0n) is 14.9. The number of aromatic nitrogens is 2. The van der Waals surface area contributed by atoms with E-state index in [1.54, 1.807) is 0 Å². The summed E-state index contributed by atoms with van der Waals surface area (Å²) in [5.41, 5.74) is 2.09. The highest BCUT2D eigenvalue weighted by Gasteiger charge is 2.37. The molecule has 5 nitrogen and oxygen atoms in total. The second-order valence-electron chi connectivity index (χ2n) is 7.06. The van der Waals surface area contributed by atoms with Gasteiger partial charge in [-0.25, -0.2) is 9.97 Å². The summed E-state index contributed by atoms with van der Waals surface area (Å²) in [6.07, 6.45) is 1.83. The Kier molecular flexibility index (Phi) is 4.09. The van der Waals surface area contributed by atoms with Crippen LogP contribution in [0.2, 0.25) is 0 Å². The average Bonchev–Trinajstić information content (AvgIpc) is 2.94. The Balaban J connectivity index is 1.62. The second-order valence-corrected chi connectivity index (χ2v) is 7.06. The Labute approximate surface area is 152 Å². The van der Waals surface area contributed by atoms with Crippen molar-refractivity contribution in [3.05, 3.63) is 72.2 Å². The summed E-state index contributed by atoms with van der Waals surface area (Å²) >= 11 is 0. The Morgan fingerprint density at radius 2 is 1.73 bits per heavy atom. The van der Waals surface area contributed by atoms with Crippen LogP contribution in [0.5, 0.6) is 11.5 Å². The first-order valence-electron chi connectivity index (χ1n) is 8.64. The Hall–Kier alpha value is -2.92. The molecule has 2 aromatic carbocycles. The molecule has 0 saturated heterocycles. The molecule has 0 amide bonds. The largest absolute Gasteiger partial charge is 0.457 e. The van der Waals surface area contributed by atoms with Crippen LogP contribution >= 0.6 is 0 Å². The standard InChI is InChI=1S/C21H21N3O2/c1-21(2)14-24(20-18(21)12-22-19(13-25)23-20)15-8-10-17(11-9-15)26-16-6-4-3-5-7-16/h3-12,25H,13-14H2,1-2H3. The predicted octanol–water partition coefficient (Wildman–Crippen LogP) is 4.19. The number of anilines is 2. The highest BCUT2D eigenvalue weighted by Crippen LogP contribution is 2.43. The smallest absolute Gasteiger partial charge is 0.156 e. The fourth-order valence-corrected chi connectivity index (χ4v) is 3.26. The lowest BCUT2D eigenvalue weighted by atomic mass is 9.89. The number of rotatable bonds is 4. The van der Waals surface area contributed by atoms with E-state index >= 15 is 0 Å². The number of para-hydroxylation sites is 1. The van der Waals surface area contributed by atoms with Crippen LogP contribution < -0.4 is 9.64 Å². The molecule has 0 unspecified atom stereocenters. The molecule has 132 valence electrons. The first-order chi connectivity index (χ1) is 12.6. The summed E-state index contributed by atoms with van der Waals surface area (Å²) in [6, 6.07) is 17.7. The zero-order chi connectivity index (χ0) is 18.1. The molecule has 2 heterocycles. The van der Waals surface area contributed by atoms with Gasteiger partial charge in [-0.15, -0.1) is 0 Å². The van der Waals surface area contributed by atoms with E-state index in [0.717, 1.165) is 35.1 Å². The van der Waals surface area contributed by atoms with Crippen molar-refractivity contribution in [3.8, 4) is 11.5 Å². The molecule has 0 bridgehead atoms. The van der Waals surface area contributed by atoms with Crippen molar-refractivity contribution in [3.63, 3.8) is 0 Å². The SMILES string of the molecule is CC1(C)CN(c2ccc(Oc3ccccc3)cc2)c2nc(CO)ncc21. The molecule has 0 atom stereocenters. The number of ether oxygens (including phenoxy) is 1. The number of hydrogen-bond acceptors (Lipinski definition) is 5. The van der Waals surface area contributed by atoms with Crippen molar-refractivity contribution in [1.82, 2.24) is 9.97 Å². The third kappa shape index (κ3) is 3.02. The minimum Gasteiger partial charge on any atom is -0.457 e. The van der Waals surface area contributed by atoms with Gasteiger partial charge in [-0.05, 0) is 36.4 Å². The Bertz CT molecular complexity index is 908. The lowest BCUT2D eigenvalue weighted by molar-refractivity contribution is 0.271. The first kappa shape index (κ1) is 16.5. The van der Waals surface area contributed by atoms with E-state index in [9.17, 15) is 5.11 Å². The van der Waals surface area contributed by atoms with E-state index in [1.807, 2.05) is 60.8 Å². The lowest BCUT2D eigenvalue weighted by Crippen LogP contribution is -2.25. The molecule has 0 aliphatic carbocycles. The van der Waals surface area contributed by atoms with Crippen molar-refractivity contribution in [2.24, 2.45) is 0 Å². The van der Waals surface area contributed by atoms with Crippen molar-refractivity contribution in [1.29, 1.82) is 0 Å². The predicted molar refractivity (Wildman–Crippen MR) is 101 cm³/mol. The van der Waals surface area contributed by atoms with Gasteiger partial charge in [-0.3, -0.25) is 0 Å². The van der Waals surface area contributed by atoms with Crippen LogP contribution in [-0.2, 0) is 12.0 Å². The summed E-state index contributed by atoms with van der Waals surface area (Å²) in [4.78, 5) is 11.0. The Morgan fingerprint density at radius 3 is 2.42 bits per heavy atom. The number of nitrogens with zero attached hydrogens (tertiary/aromatic N) is 3. The number of aliphatic hydroxyl groups excluding tert-OH is 1. The highest BCUT2D eigenvalue weighted by molar-refractivity contribution is 5.69. The average molecular weight is 347 g/mol. The van der Waals surface area contributed by atoms with Gasteiger partial charge in [0.05, 0.1) is 0 Å². The van der Waals surface area contributed by atoms with Crippen molar-refractivity contribution in [2.45, 2.75) is 25.9 Å². The van der Waals surface area contributed by atoms with Gasteiger partial charge in [-0.1, -0.05) is 32.0 Å². The molecule has 26 heavy (non-hydrogen) atoms.